The van der Waals surface area contributed by atoms with E-state index in [2.05, 4.69) is 10.2 Å². The molecule has 19 heavy (non-hydrogen) atoms. The molecular weight excluding hydrogens is 248 g/mol. The Balaban J connectivity index is 1.91. The smallest absolute Gasteiger partial charge is 0.249 e. The fourth-order valence-corrected chi connectivity index (χ4v) is 1.65. The van der Waals surface area contributed by atoms with Crippen molar-refractivity contribution in [2.24, 2.45) is 5.73 Å². The van der Waals surface area contributed by atoms with Crippen LogP contribution in [0.2, 0.25) is 0 Å². The van der Waals surface area contributed by atoms with Crippen LogP contribution in [0.5, 0.6) is 23.1 Å². The molecule has 0 fully saturated rings. The first kappa shape index (κ1) is 11.3. The highest BCUT2D eigenvalue weighted by atomic mass is 16.7. The Morgan fingerprint density at radius 1 is 1.26 bits per heavy atom. The van der Waals surface area contributed by atoms with Gasteiger partial charge in [-0.2, -0.15) is 5.10 Å². The number of fused-ring (bicyclic) bond motifs is 1. The van der Waals surface area contributed by atoms with Crippen LogP contribution in [-0.2, 0) is 0 Å². The SMILES string of the molecule is N=C(N)c1ccnnc1Oc1ccc2c(c1)OCO2. The van der Waals surface area contributed by atoms with Crippen LogP contribution < -0.4 is 19.9 Å². The largest absolute Gasteiger partial charge is 0.454 e. The number of nitrogens with one attached hydrogen (secondary N) is 1. The van der Waals surface area contributed by atoms with E-state index in [1.165, 1.54) is 6.20 Å². The molecule has 7 heteroatoms. The summed E-state index contributed by atoms with van der Waals surface area (Å²) in [5, 5.41) is 15.0. The van der Waals surface area contributed by atoms with Gasteiger partial charge in [-0.3, -0.25) is 5.41 Å². The van der Waals surface area contributed by atoms with E-state index in [1.54, 1.807) is 24.3 Å². The third kappa shape index (κ3) is 2.13. The zero-order valence-electron chi connectivity index (χ0n) is 9.79. The number of benzene rings is 1. The van der Waals surface area contributed by atoms with E-state index < -0.39 is 0 Å². The Kier molecular flexibility index (Phi) is 2.64. The second kappa shape index (κ2) is 4.45. The molecule has 1 aliphatic rings. The molecule has 2 aromatic rings. The predicted molar refractivity (Wildman–Crippen MR) is 65.7 cm³/mol. The van der Waals surface area contributed by atoms with E-state index in [4.69, 9.17) is 25.4 Å². The number of ether oxygens (including phenoxy) is 3. The van der Waals surface area contributed by atoms with Crippen LogP contribution in [0.4, 0.5) is 0 Å². The summed E-state index contributed by atoms with van der Waals surface area (Å²) < 4.78 is 16.0. The van der Waals surface area contributed by atoms with Crippen molar-refractivity contribution in [3.63, 3.8) is 0 Å². The molecule has 0 saturated heterocycles. The van der Waals surface area contributed by atoms with Gasteiger partial charge in [0.2, 0.25) is 12.7 Å². The lowest BCUT2D eigenvalue weighted by molar-refractivity contribution is 0.174. The van der Waals surface area contributed by atoms with Gasteiger partial charge in [0.25, 0.3) is 0 Å². The fourth-order valence-electron chi connectivity index (χ4n) is 1.65. The summed E-state index contributed by atoms with van der Waals surface area (Å²) in [5.41, 5.74) is 5.83. The van der Waals surface area contributed by atoms with E-state index in [0.717, 1.165) is 0 Å². The van der Waals surface area contributed by atoms with Crippen LogP contribution in [0, 0.1) is 5.41 Å². The van der Waals surface area contributed by atoms with Crippen molar-refractivity contribution >= 4 is 5.84 Å². The molecule has 1 aliphatic heterocycles. The van der Waals surface area contributed by atoms with Crippen molar-refractivity contribution in [3.05, 3.63) is 36.0 Å². The number of nitrogens with two attached hydrogens (primary N) is 1. The number of nitrogen functional groups attached to an aromatic ring is 1. The van der Waals surface area contributed by atoms with Crippen LogP contribution in [-0.4, -0.2) is 22.8 Å². The molecule has 1 aromatic carbocycles. The fraction of sp³-hybridized carbons (Fsp3) is 0.0833. The molecule has 0 bridgehead atoms. The van der Waals surface area contributed by atoms with E-state index in [9.17, 15) is 0 Å². The predicted octanol–water partition coefficient (Wildman–Crippen LogP) is 1.28. The summed E-state index contributed by atoms with van der Waals surface area (Å²) in [4.78, 5) is 0. The summed E-state index contributed by atoms with van der Waals surface area (Å²) >= 11 is 0. The number of aromatic nitrogens is 2. The molecular formula is C12H10N4O3. The molecule has 2 heterocycles. The van der Waals surface area contributed by atoms with E-state index in [0.29, 0.717) is 22.8 Å². The number of nitrogens with zero attached hydrogens (tertiary/aromatic N) is 2. The van der Waals surface area contributed by atoms with Gasteiger partial charge in [-0.1, -0.05) is 0 Å². The van der Waals surface area contributed by atoms with Crippen LogP contribution in [0.15, 0.2) is 30.5 Å². The average molecular weight is 258 g/mol. The normalized spacial score (nSPS) is 12.2. The lowest BCUT2D eigenvalue weighted by atomic mass is 10.2. The quantitative estimate of drug-likeness (QED) is 0.635. The molecule has 0 spiro atoms. The maximum absolute atomic E-state index is 7.45. The maximum Gasteiger partial charge on any atom is 0.249 e. The molecule has 0 amide bonds. The highest BCUT2D eigenvalue weighted by Crippen LogP contribution is 2.36. The Bertz CT molecular complexity index is 645. The van der Waals surface area contributed by atoms with Gasteiger partial charge >= 0.3 is 0 Å². The molecule has 0 aliphatic carbocycles. The topological polar surface area (TPSA) is 103 Å². The third-order valence-electron chi connectivity index (χ3n) is 2.54. The van der Waals surface area contributed by atoms with Crippen molar-refractivity contribution in [3.8, 4) is 23.1 Å². The van der Waals surface area contributed by atoms with Crippen molar-refractivity contribution in [2.75, 3.05) is 6.79 Å². The molecule has 0 atom stereocenters. The van der Waals surface area contributed by atoms with Gasteiger partial charge in [-0.05, 0) is 18.2 Å². The molecule has 0 radical (unpaired) electrons. The summed E-state index contributed by atoms with van der Waals surface area (Å²) in [6.45, 7) is 0.197. The monoisotopic (exact) mass is 258 g/mol. The highest BCUT2D eigenvalue weighted by Gasteiger charge is 2.15. The van der Waals surface area contributed by atoms with Gasteiger partial charge in [-0.15, -0.1) is 5.10 Å². The summed E-state index contributed by atoms with van der Waals surface area (Å²) in [5.74, 6) is 1.82. The minimum atomic E-state index is -0.134. The first-order chi connectivity index (χ1) is 9.24. The molecule has 1 aromatic heterocycles. The van der Waals surface area contributed by atoms with Crippen molar-refractivity contribution in [1.82, 2.24) is 10.2 Å². The Labute approximate surface area is 108 Å². The minimum Gasteiger partial charge on any atom is -0.454 e. The third-order valence-corrected chi connectivity index (χ3v) is 2.54. The molecule has 0 unspecified atom stereocenters. The maximum atomic E-state index is 7.45. The number of amidine groups is 1. The van der Waals surface area contributed by atoms with Crippen molar-refractivity contribution in [2.45, 2.75) is 0 Å². The highest BCUT2D eigenvalue weighted by molar-refractivity contribution is 5.96. The van der Waals surface area contributed by atoms with Crippen LogP contribution in [0.25, 0.3) is 0 Å². The minimum absolute atomic E-state index is 0.134. The van der Waals surface area contributed by atoms with Gasteiger partial charge in [0, 0.05) is 6.07 Å². The first-order valence-electron chi connectivity index (χ1n) is 5.47. The molecule has 3 N–H and O–H groups in total. The molecule has 3 rings (SSSR count). The number of rotatable bonds is 3. The summed E-state index contributed by atoms with van der Waals surface area (Å²) in [6.07, 6.45) is 1.45. The lowest BCUT2D eigenvalue weighted by Gasteiger charge is -2.08. The Hall–Kier alpha value is -2.83. The zero-order valence-corrected chi connectivity index (χ0v) is 9.79. The Morgan fingerprint density at radius 3 is 2.95 bits per heavy atom. The summed E-state index contributed by atoms with van der Waals surface area (Å²) in [6, 6.07) is 6.70. The van der Waals surface area contributed by atoms with Crippen molar-refractivity contribution < 1.29 is 14.2 Å². The van der Waals surface area contributed by atoms with E-state index in [-0.39, 0.29) is 18.5 Å². The van der Waals surface area contributed by atoms with Gasteiger partial charge in [0.05, 0.1) is 11.8 Å². The molecule has 96 valence electrons. The number of hydrogen-bond donors (Lipinski definition) is 2. The second-order valence-electron chi connectivity index (χ2n) is 3.78. The average Bonchev–Trinajstić information content (AvgIpc) is 2.86. The van der Waals surface area contributed by atoms with E-state index in [1.807, 2.05) is 0 Å². The van der Waals surface area contributed by atoms with Crippen LogP contribution >= 0.6 is 0 Å². The van der Waals surface area contributed by atoms with Gasteiger partial charge in [0.15, 0.2) is 11.5 Å². The standard InChI is InChI=1S/C12H10N4O3/c13-11(14)8-3-4-15-16-12(8)19-7-1-2-9-10(5-7)18-6-17-9/h1-5H,6H2,(H3,13,14). The van der Waals surface area contributed by atoms with Gasteiger partial charge in [-0.25, -0.2) is 0 Å². The Morgan fingerprint density at radius 2 is 2.11 bits per heavy atom. The zero-order chi connectivity index (χ0) is 13.2. The number of hydrogen-bond acceptors (Lipinski definition) is 6. The van der Waals surface area contributed by atoms with Gasteiger partial charge < -0.3 is 19.9 Å². The lowest BCUT2D eigenvalue weighted by Crippen LogP contribution is -2.13. The van der Waals surface area contributed by atoms with Crippen molar-refractivity contribution in [1.29, 1.82) is 5.41 Å². The van der Waals surface area contributed by atoms with Crippen LogP contribution in [0.3, 0.4) is 0 Å². The van der Waals surface area contributed by atoms with E-state index >= 15 is 0 Å². The second-order valence-corrected chi connectivity index (χ2v) is 3.78. The molecule has 7 nitrogen and oxygen atoms in total. The van der Waals surface area contributed by atoms with Gasteiger partial charge in [0.1, 0.15) is 11.6 Å². The van der Waals surface area contributed by atoms with Crippen LogP contribution in [0.1, 0.15) is 5.56 Å². The first-order valence-corrected chi connectivity index (χ1v) is 5.47. The molecule has 0 saturated carbocycles. The summed E-state index contributed by atoms with van der Waals surface area (Å²) in [7, 11) is 0.